The Hall–Kier alpha value is 0.270. The van der Waals surface area contributed by atoms with Gasteiger partial charge >= 0.3 is 0 Å². The maximum absolute atomic E-state index is 3.67. The highest BCUT2D eigenvalue weighted by Gasteiger charge is 2.14. The first-order chi connectivity index (χ1) is 6.33. The summed E-state index contributed by atoms with van der Waals surface area (Å²) in [7, 11) is 0. The Balaban J connectivity index is 2.07. The maximum atomic E-state index is 3.67. The third-order valence-electron chi connectivity index (χ3n) is 2.39. The van der Waals surface area contributed by atoms with Gasteiger partial charge in [0.25, 0.3) is 0 Å². The Kier molecular flexibility index (Phi) is 5.83. The molecule has 0 amide bonds. The summed E-state index contributed by atoms with van der Waals surface area (Å²) in [5.41, 5.74) is 0. The standard InChI is InChI=1S/C10H22N2S/c1-3-13-8-9(2)12-10-5-4-6-11-7-10/h9-12H,3-8H2,1-2H3. The second kappa shape index (κ2) is 6.68. The summed E-state index contributed by atoms with van der Waals surface area (Å²) in [6.07, 6.45) is 2.67. The zero-order chi connectivity index (χ0) is 9.52. The topological polar surface area (TPSA) is 24.1 Å². The summed E-state index contributed by atoms with van der Waals surface area (Å²) in [5, 5.41) is 7.10. The molecule has 2 atom stereocenters. The predicted molar refractivity (Wildman–Crippen MR) is 61.5 cm³/mol. The van der Waals surface area contributed by atoms with E-state index in [2.05, 4.69) is 24.5 Å². The van der Waals surface area contributed by atoms with Crippen molar-refractivity contribution in [3.63, 3.8) is 0 Å². The van der Waals surface area contributed by atoms with Crippen molar-refractivity contribution in [2.45, 2.75) is 38.8 Å². The van der Waals surface area contributed by atoms with Gasteiger partial charge in [-0.25, -0.2) is 0 Å². The summed E-state index contributed by atoms with van der Waals surface area (Å²) in [4.78, 5) is 0. The van der Waals surface area contributed by atoms with Crippen molar-refractivity contribution in [3.05, 3.63) is 0 Å². The van der Waals surface area contributed by atoms with Gasteiger partial charge in [-0.3, -0.25) is 0 Å². The van der Waals surface area contributed by atoms with Gasteiger partial charge in [0.05, 0.1) is 0 Å². The minimum absolute atomic E-state index is 0.662. The molecular weight excluding hydrogens is 180 g/mol. The fraction of sp³-hybridized carbons (Fsp3) is 1.00. The van der Waals surface area contributed by atoms with Crippen LogP contribution in [0.15, 0.2) is 0 Å². The molecule has 1 rings (SSSR count). The molecule has 0 saturated carbocycles. The smallest absolute Gasteiger partial charge is 0.0195 e. The summed E-state index contributed by atoms with van der Waals surface area (Å²) in [6, 6.07) is 1.37. The van der Waals surface area contributed by atoms with E-state index in [9.17, 15) is 0 Å². The van der Waals surface area contributed by atoms with Gasteiger partial charge in [0.1, 0.15) is 0 Å². The molecule has 0 radical (unpaired) electrons. The van der Waals surface area contributed by atoms with Gasteiger partial charge in [-0.1, -0.05) is 6.92 Å². The molecular formula is C10H22N2S. The van der Waals surface area contributed by atoms with Crippen LogP contribution in [-0.2, 0) is 0 Å². The van der Waals surface area contributed by atoms with Crippen molar-refractivity contribution in [2.24, 2.45) is 0 Å². The van der Waals surface area contributed by atoms with Crippen molar-refractivity contribution in [1.29, 1.82) is 0 Å². The molecule has 1 aliphatic heterocycles. The number of piperidine rings is 1. The SMILES string of the molecule is CCSCC(C)NC1CCCNC1. The van der Waals surface area contributed by atoms with Gasteiger partial charge in [0.15, 0.2) is 0 Å². The molecule has 1 heterocycles. The molecule has 2 N–H and O–H groups in total. The zero-order valence-corrected chi connectivity index (χ0v) is 9.62. The molecule has 0 aliphatic carbocycles. The lowest BCUT2D eigenvalue weighted by atomic mass is 10.1. The molecule has 2 nitrogen and oxygen atoms in total. The monoisotopic (exact) mass is 202 g/mol. The van der Waals surface area contributed by atoms with E-state index in [1.807, 2.05) is 11.8 Å². The van der Waals surface area contributed by atoms with Crippen LogP contribution in [-0.4, -0.2) is 36.7 Å². The number of hydrogen-bond acceptors (Lipinski definition) is 3. The average molecular weight is 202 g/mol. The lowest BCUT2D eigenvalue weighted by Crippen LogP contribution is -2.47. The molecule has 0 aromatic carbocycles. The third kappa shape index (κ3) is 4.89. The van der Waals surface area contributed by atoms with Crippen LogP contribution in [0.2, 0.25) is 0 Å². The van der Waals surface area contributed by atoms with E-state index < -0.39 is 0 Å². The van der Waals surface area contributed by atoms with Crippen molar-refractivity contribution in [1.82, 2.24) is 10.6 Å². The van der Waals surface area contributed by atoms with Crippen LogP contribution in [0.1, 0.15) is 26.7 Å². The first-order valence-electron chi connectivity index (χ1n) is 5.37. The van der Waals surface area contributed by atoms with Crippen LogP contribution in [0.4, 0.5) is 0 Å². The Bertz CT molecular complexity index is 124. The molecule has 13 heavy (non-hydrogen) atoms. The molecule has 1 aliphatic rings. The number of hydrogen-bond donors (Lipinski definition) is 2. The third-order valence-corrected chi connectivity index (χ3v) is 3.53. The van der Waals surface area contributed by atoms with Gasteiger partial charge in [0, 0.05) is 24.4 Å². The van der Waals surface area contributed by atoms with Crippen LogP contribution < -0.4 is 10.6 Å². The highest BCUT2D eigenvalue weighted by Crippen LogP contribution is 2.06. The van der Waals surface area contributed by atoms with Crippen LogP contribution in [0.3, 0.4) is 0 Å². The van der Waals surface area contributed by atoms with Crippen molar-refractivity contribution < 1.29 is 0 Å². The number of rotatable bonds is 5. The van der Waals surface area contributed by atoms with E-state index in [0.717, 1.165) is 6.54 Å². The Morgan fingerprint density at radius 1 is 1.62 bits per heavy atom. The Labute approximate surface area is 86.2 Å². The van der Waals surface area contributed by atoms with E-state index in [1.165, 1.54) is 30.9 Å². The minimum Gasteiger partial charge on any atom is -0.315 e. The largest absolute Gasteiger partial charge is 0.315 e. The average Bonchev–Trinajstić information content (AvgIpc) is 2.16. The Morgan fingerprint density at radius 3 is 3.08 bits per heavy atom. The van der Waals surface area contributed by atoms with E-state index in [4.69, 9.17) is 0 Å². The van der Waals surface area contributed by atoms with Gasteiger partial charge < -0.3 is 10.6 Å². The number of thioether (sulfide) groups is 1. The van der Waals surface area contributed by atoms with Crippen LogP contribution in [0, 0.1) is 0 Å². The highest BCUT2D eigenvalue weighted by atomic mass is 32.2. The van der Waals surface area contributed by atoms with E-state index >= 15 is 0 Å². The van der Waals surface area contributed by atoms with Crippen molar-refractivity contribution >= 4 is 11.8 Å². The van der Waals surface area contributed by atoms with Crippen molar-refractivity contribution in [2.75, 3.05) is 24.6 Å². The first kappa shape index (κ1) is 11.3. The van der Waals surface area contributed by atoms with E-state index in [-0.39, 0.29) is 0 Å². The summed E-state index contributed by atoms with van der Waals surface area (Å²) >= 11 is 2.02. The molecule has 3 heteroatoms. The maximum Gasteiger partial charge on any atom is 0.0195 e. The lowest BCUT2D eigenvalue weighted by molar-refractivity contribution is 0.369. The van der Waals surface area contributed by atoms with Gasteiger partial charge in [0.2, 0.25) is 0 Å². The second-order valence-corrected chi connectivity index (χ2v) is 5.09. The van der Waals surface area contributed by atoms with Crippen LogP contribution >= 0.6 is 11.8 Å². The predicted octanol–water partition coefficient (Wildman–Crippen LogP) is 1.47. The van der Waals surface area contributed by atoms with Crippen LogP contribution in [0.5, 0.6) is 0 Å². The van der Waals surface area contributed by atoms with Gasteiger partial charge in [-0.05, 0) is 32.1 Å². The number of nitrogens with one attached hydrogen (secondary N) is 2. The van der Waals surface area contributed by atoms with E-state index in [0.29, 0.717) is 12.1 Å². The van der Waals surface area contributed by atoms with E-state index in [1.54, 1.807) is 0 Å². The molecule has 0 bridgehead atoms. The fourth-order valence-electron chi connectivity index (χ4n) is 1.74. The minimum atomic E-state index is 0.662. The normalized spacial score (nSPS) is 25.8. The van der Waals surface area contributed by atoms with Gasteiger partial charge in [-0.2, -0.15) is 11.8 Å². The quantitative estimate of drug-likeness (QED) is 0.706. The van der Waals surface area contributed by atoms with Crippen molar-refractivity contribution in [3.8, 4) is 0 Å². The fourth-order valence-corrected chi connectivity index (χ4v) is 2.42. The molecule has 0 spiro atoms. The summed E-state index contributed by atoms with van der Waals surface area (Å²) in [5.74, 6) is 2.47. The van der Waals surface area contributed by atoms with Gasteiger partial charge in [-0.15, -0.1) is 0 Å². The summed E-state index contributed by atoms with van der Waals surface area (Å²) in [6.45, 7) is 6.87. The molecule has 0 aromatic rings. The highest BCUT2D eigenvalue weighted by molar-refractivity contribution is 7.99. The lowest BCUT2D eigenvalue weighted by Gasteiger charge is -2.27. The van der Waals surface area contributed by atoms with Crippen LogP contribution in [0.25, 0.3) is 0 Å². The molecule has 78 valence electrons. The molecule has 1 fully saturated rings. The molecule has 1 saturated heterocycles. The Morgan fingerprint density at radius 2 is 2.46 bits per heavy atom. The first-order valence-corrected chi connectivity index (χ1v) is 6.53. The zero-order valence-electron chi connectivity index (χ0n) is 8.81. The molecule has 2 unspecified atom stereocenters. The molecule has 0 aromatic heterocycles. The summed E-state index contributed by atoms with van der Waals surface area (Å²) < 4.78 is 0. The second-order valence-electron chi connectivity index (χ2n) is 3.77.